The fraction of sp³-hybridized carbons (Fsp3) is 0.231. The largest absolute Gasteiger partial charge is 0.384 e. The van der Waals surface area contributed by atoms with Crippen LogP contribution in [0.5, 0.6) is 0 Å². The molecule has 0 saturated carbocycles. The Bertz CT molecular complexity index is 572. The summed E-state index contributed by atoms with van der Waals surface area (Å²) in [7, 11) is 1.63. The van der Waals surface area contributed by atoms with Gasteiger partial charge in [-0.1, -0.05) is 22.0 Å². The van der Waals surface area contributed by atoms with Crippen LogP contribution in [0.1, 0.15) is 11.3 Å². The first-order valence-corrected chi connectivity index (χ1v) is 6.28. The van der Waals surface area contributed by atoms with E-state index in [1.807, 2.05) is 25.1 Å². The number of hydrogen-bond donors (Lipinski definition) is 1. The number of methoxy groups -OCH3 is 1. The predicted octanol–water partition coefficient (Wildman–Crippen LogP) is 2.94. The average Bonchev–Trinajstić information content (AvgIpc) is 2.32. The Labute approximate surface area is 114 Å². The maximum Gasteiger partial charge on any atom is 0.161 e. The lowest BCUT2D eigenvalue weighted by Gasteiger charge is -2.07. The van der Waals surface area contributed by atoms with Crippen molar-refractivity contribution in [3.63, 3.8) is 0 Å². The van der Waals surface area contributed by atoms with Gasteiger partial charge in [0.2, 0.25) is 0 Å². The van der Waals surface area contributed by atoms with Crippen LogP contribution in [-0.4, -0.2) is 17.1 Å². The van der Waals surface area contributed by atoms with Crippen molar-refractivity contribution < 1.29 is 4.74 Å². The molecule has 0 aliphatic carbocycles. The molecule has 0 radical (unpaired) electrons. The predicted molar refractivity (Wildman–Crippen MR) is 75.0 cm³/mol. The van der Waals surface area contributed by atoms with E-state index >= 15 is 0 Å². The van der Waals surface area contributed by atoms with Crippen molar-refractivity contribution in [3.8, 4) is 11.4 Å². The van der Waals surface area contributed by atoms with Crippen LogP contribution in [0.2, 0.25) is 0 Å². The summed E-state index contributed by atoms with van der Waals surface area (Å²) in [6, 6.07) is 7.68. The van der Waals surface area contributed by atoms with Gasteiger partial charge in [-0.25, -0.2) is 9.97 Å². The molecular formula is C13H14BrN3O. The molecular weight excluding hydrogens is 294 g/mol. The molecule has 1 aromatic heterocycles. The Morgan fingerprint density at radius 1 is 1.28 bits per heavy atom. The van der Waals surface area contributed by atoms with Crippen molar-refractivity contribution in [1.82, 2.24) is 9.97 Å². The molecule has 2 aromatic rings. The summed E-state index contributed by atoms with van der Waals surface area (Å²) in [6.07, 6.45) is 0. The maximum absolute atomic E-state index is 5.78. The molecule has 0 aliphatic rings. The van der Waals surface area contributed by atoms with Gasteiger partial charge < -0.3 is 10.5 Å². The van der Waals surface area contributed by atoms with E-state index in [0.29, 0.717) is 18.2 Å². The van der Waals surface area contributed by atoms with Crippen LogP contribution in [0, 0.1) is 6.92 Å². The number of aromatic nitrogens is 2. The molecule has 4 nitrogen and oxygen atoms in total. The monoisotopic (exact) mass is 307 g/mol. The number of aryl methyl sites for hydroxylation is 1. The number of nitrogens with zero attached hydrogens (tertiary/aromatic N) is 2. The van der Waals surface area contributed by atoms with Gasteiger partial charge in [0.1, 0.15) is 5.82 Å². The zero-order valence-electron chi connectivity index (χ0n) is 10.3. The van der Waals surface area contributed by atoms with Crippen LogP contribution < -0.4 is 5.73 Å². The Morgan fingerprint density at radius 3 is 2.72 bits per heavy atom. The van der Waals surface area contributed by atoms with Gasteiger partial charge >= 0.3 is 0 Å². The number of halogens is 1. The number of ether oxygens (including phenoxy) is 1. The summed E-state index contributed by atoms with van der Waals surface area (Å²) in [5.74, 6) is 1.07. The number of hydrogen-bond acceptors (Lipinski definition) is 4. The highest BCUT2D eigenvalue weighted by molar-refractivity contribution is 9.10. The van der Waals surface area contributed by atoms with Crippen molar-refractivity contribution in [3.05, 3.63) is 40.0 Å². The molecule has 0 amide bonds. The Morgan fingerprint density at radius 2 is 2.06 bits per heavy atom. The van der Waals surface area contributed by atoms with Crippen molar-refractivity contribution in [2.24, 2.45) is 0 Å². The minimum Gasteiger partial charge on any atom is -0.384 e. The van der Waals surface area contributed by atoms with E-state index in [1.54, 1.807) is 13.2 Å². The minimum absolute atomic E-state index is 0.426. The third-order valence-corrected chi connectivity index (χ3v) is 3.40. The van der Waals surface area contributed by atoms with E-state index in [2.05, 4.69) is 25.9 Å². The SMILES string of the molecule is COCc1cc(N)nc(-c2ccc(Br)c(C)c2)n1. The third kappa shape index (κ3) is 2.86. The van der Waals surface area contributed by atoms with Crippen molar-refractivity contribution in [1.29, 1.82) is 0 Å². The zero-order valence-corrected chi connectivity index (χ0v) is 11.9. The van der Waals surface area contributed by atoms with Crippen LogP contribution in [0.3, 0.4) is 0 Å². The molecule has 0 atom stereocenters. The van der Waals surface area contributed by atoms with E-state index in [4.69, 9.17) is 10.5 Å². The molecule has 0 fully saturated rings. The second-order valence-electron chi connectivity index (χ2n) is 4.00. The number of rotatable bonds is 3. The van der Waals surface area contributed by atoms with Gasteiger partial charge in [-0.05, 0) is 24.6 Å². The Kier molecular flexibility index (Phi) is 3.93. The summed E-state index contributed by atoms with van der Waals surface area (Å²) in [6.45, 7) is 2.45. The summed E-state index contributed by atoms with van der Waals surface area (Å²) in [5.41, 5.74) is 8.63. The summed E-state index contributed by atoms with van der Waals surface area (Å²) < 4.78 is 6.13. The average molecular weight is 308 g/mol. The number of nitrogen functional groups attached to an aromatic ring is 1. The molecule has 2 N–H and O–H groups in total. The number of benzene rings is 1. The molecule has 0 bridgehead atoms. The van der Waals surface area contributed by atoms with E-state index in [9.17, 15) is 0 Å². The van der Waals surface area contributed by atoms with E-state index in [1.165, 1.54) is 0 Å². The summed E-state index contributed by atoms with van der Waals surface area (Å²) >= 11 is 3.47. The molecule has 2 rings (SSSR count). The quantitative estimate of drug-likeness (QED) is 0.947. The minimum atomic E-state index is 0.426. The normalized spacial score (nSPS) is 10.6. The van der Waals surface area contributed by atoms with Gasteiger partial charge in [0, 0.05) is 23.2 Å². The number of anilines is 1. The third-order valence-electron chi connectivity index (χ3n) is 2.51. The van der Waals surface area contributed by atoms with Crippen LogP contribution >= 0.6 is 15.9 Å². The lowest BCUT2D eigenvalue weighted by atomic mass is 10.1. The van der Waals surface area contributed by atoms with E-state index < -0.39 is 0 Å². The summed E-state index contributed by atoms with van der Waals surface area (Å²) in [5, 5.41) is 0. The molecule has 0 saturated heterocycles. The molecule has 18 heavy (non-hydrogen) atoms. The maximum atomic E-state index is 5.78. The van der Waals surface area contributed by atoms with Crippen molar-refractivity contribution in [2.45, 2.75) is 13.5 Å². The molecule has 1 heterocycles. The van der Waals surface area contributed by atoms with Gasteiger partial charge in [0.25, 0.3) is 0 Å². The molecule has 1 aromatic carbocycles. The zero-order chi connectivity index (χ0) is 13.1. The highest BCUT2D eigenvalue weighted by Crippen LogP contribution is 2.23. The molecule has 0 spiro atoms. The number of nitrogens with two attached hydrogens (primary N) is 1. The topological polar surface area (TPSA) is 61.0 Å². The Balaban J connectivity index is 2.46. The summed E-state index contributed by atoms with van der Waals surface area (Å²) in [4.78, 5) is 8.69. The molecule has 0 unspecified atom stereocenters. The van der Waals surface area contributed by atoms with Gasteiger partial charge in [-0.15, -0.1) is 0 Å². The second-order valence-corrected chi connectivity index (χ2v) is 4.86. The molecule has 5 heteroatoms. The lowest BCUT2D eigenvalue weighted by molar-refractivity contribution is 0.181. The van der Waals surface area contributed by atoms with Crippen molar-refractivity contribution >= 4 is 21.7 Å². The first-order valence-electron chi connectivity index (χ1n) is 5.49. The Hall–Kier alpha value is -1.46. The molecule has 94 valence electrons. The van der Waals surface area contributed by atoms with Crippen LogP contribution in [0.25, 0.3) is 11.4 Å². The lowest BCUT2D eigenvalue weighted by Crippen LogP contribution is -2.01. The fourth-order valence-electron chi connectivity index (χ4n) is 1.65. The first kappa shape index (κ1) is 13.0. The van der Waals surface area contributed by atoms with E-state index in [0.717, 1.165) is 21.3 Å². The molecule has 0 aliphatic heterocycles. The van der Waals surface area contributed by atoms with Crippen LogP contribution in [0.15, 0.2) is 28.7 Å². The van der Waals surface area contributed by atoms with Crippen LogP contribution in [-0.2, 0) is 11.3 Å². The fourth-order valence-corrected chi connectivity index (χ4v) is 1.90. The van der Waals surface area contributed by atoms with Gasteiger partial charge in [-0.3, -0.25) is 0 Å². The van der Waals surface area contributed by atoms with E-state index in [-0.39, 0.29) is 0 Å². The first-order chi connectivity index (χ1) is 8.60. The second kappa shape index (κ2) is 5.46. The van der Waals surface area contributed by atoms with Crippen LogP contribution in [0.4, 0.5) is 5.82 Å². The van der Waals surface area contributed by atoms with Crippen molar-refractivity contribution in [2.75, 3.05) is 12.8 Å². The standard InChI is InChI=1S/C13H14BrN3O/c1-8-5-9(3-4-11(8)14)13-16-10(7-18-2)6-12(15)17-13/h3-6H,7H2,1-2H3,(H2,15,16,17). The highest BCUT2D eigenvalue weighted by atomic mass is 79.9. The smallest absolute Gasteiger partial charge is 0.161 e. The highest BCUT2D eigenvalue weighted by Gasteiger charge is 2.06. The van der Waals surface area contributed by atoms with Gasteiger partial charge in [0.15, 0.2) is 5.82 Å². The van der Waals surface area contributed by atoms with Gasteiger partial charge in [-0.2, -0.15) is 0 Å². The van der Waals surface area contributed by atoms with Gasteiger partial charge in [0.05, 0.1) is 12.3 Å².